The molecule has 0 amide bonds. The number of nitrogens with zero attached hydrogens (tertiary/aromatic N) is 4. The molecule has 0 aliphatic rings. The van der Waals surface area contributed by atoms with Crippen molar-refractivity contribution in [3.05, 3.63) is 83.9 Å². The van der Waals surface area contributed by atoms with E-state index in [0.717, 1.165) is 22.8 Å². The van der Waals surface area contributed by atoms with Crippen molar-refractivity contribution >= 4 is 15.7 Å². The van der Waals surface area contributed by atoms with Crippen LogP contribution in [0.2, 0.25) is 0 Å². The molecule has 0 fully saturated rings. The molecule has 9 heteroatoms. The van der Waals surface area contributed by atoms with Crippen LogP contribution in [-0.2, 0) is 23.1 Å². The summed E-state index contributed by atoms with van der Waals surface area (Å²) in [7, 11) is -3.76. The third kappa shape index (κ3) is 4.67. The largest absolute Gasteiger partial charge is 0.457 e. The van der Waals surface area contributed by atoms with Crippen LogP contribution < -0.4 is 9.46 Å². The molecule has 2 aromatic carbocycles. The molecule has 1 N–H and O–H groups in total. The van der Waals surface area contributed by atoms with Crippen LogP contribution in [0.4, 0.5) is 5.69 Å². The summed E-state index contributed by atoms with van der Waals surface area (Å²) in [5.74, 6) is 1.49. The highest BCUT2D eigenvalue weighted by molar-refractivity contribution is 7.92. The second kappa shape index (κ2) is 8.88. The number of hydrogen-bond donors (Lipinski definition) is 1. The van der Waals surface area contributed by atoms with E-state index in [-0.39, 0.29) is 4.90 Å². The van der Waals surface area contributed by atoms with E-state index in [2.05, 4.69) is 14.9 Å². The maximum Gasteiger partial charge on any atom is 0.265 e. The molecule has 8 nitrogen and oxygen atoms in total. The van der Waals surface area contributed by atoms with Gasteiger partial charge in [0.05, 0.1) is 29.8 Å². The van der Waals surface area contributed by atoms with E-state index in [9.17, 15) is 8.42 Å². The Kier molecular flexibility index (Phi) is 6.00. The second-order valence-electron chi connectivity index (χ2n) is 7.40. The van der Waals surface area contributed by atoms with Crippen LogP contribution in [-0.4, -0.2) is 28.0 Å². The van der Waals surface area contributed by atoms with Crippen LogP contribution in [0.15, 0.2) is 71.9 Å². The Morgan fingerprint density at radius 3 is 2.50 bits per heavy atom. The van der Waals surface area contributed by atoms with Gasteiger partial charge in [-0.05, 0) is 50.6 Å². The Hall–Kier alpha value is -3.59. The SMILES string of the molecule is CCn1cc(S(=O)(=O)Nc2c(C)nn(Cc3cccc(Oc4ccccc4)c3)c2C)cn1. The number of sulfonamides is 1. The summed E-state index contributed by atoms with van der Waals surface area (Å²) >= 11 is 0. The van der Waals surface area contributed by atoms with E-state index in [1.54, 1.807) is 16.3 Å². The fourth-order valence-electron chi connectivity index (χ4n) is 3.35. The summed E-state index contributed by atoms with van der Waals surface area (Å²) in [4.78, 5) is 0.122. The monoisotopic (exact) mass is 451 g/mol. The standard InChI is InChI=1S/C23H25N5O3S/c1-4-27-16-22(14-24-27)32(29,30)26-23-17(2)25-28(18(23)3)15-19-9-8-12-21(13-19)31-20-10-6-5-7-11-20/h5-14,16,26H,4,15H2,1-3H3. The minimum Gasteiger partial charge on any atom is -0.457 e. The van der Waals surface area contributed by atoms with Crippen LogP contribution in [0.1, 0.15) is 23.9 Å². The van der Waals surface area contributed by atoms with Crippen LogP contribution in [0.25, 0.3) is 0 Å². The molecule has 32 heavy (non-hydrogen) atoms. The van der Waals surface area contributed by atoms with E-state index in [0.29, 0.717) is 24.5 Å². The quantitative estimate of drug-likeness (QED) is 0.430. The molecule has 0 unspecified atom stereocenters. The van der Waals surface area contributed by atoms with E-state index in [4.69, 9.17) is 4.74 Å². The molecule has 0 radical (unpaired) electrons. The first-order valence-electron chi connectivity index (χ1n) is 10.3. The Morgan fingerprint density at radius 1 is 1.03 bits per heavy atom. The third-order valence-corrected chi connectivity index (χ3v) is 6.38. The Labute approximate surface area is 187 Å². The van der Waals surface area contributed by atoms with E-state index >= 15 is 0 Å². The molecular formula is C23H25N5O3S. The fraction of sp³-hybridized carbons (Fsp3) is 0.217. The molecule has 2 aromatic heterocycles. The van der Waals surface area contributed by atoms with Crippen LogP contribution in [0.3, 0.4) is 0 Å². The first-order valence-corrected chi connectivity index (χ1v) is 11.7. The fourth-order valence-corrected chi connectivity index (χ4v) is 4.48. The number of aryl methyl sites for hydroxylation is 2. The lowest BCUT2D eigenvalue weighted by Gasteiger charge is -2.10. The number of para-hydroxylation sites is 1. The molecule has 0 saturated heterocycles. The van der Waals surface area contributed by atoms with E-state index in [1.165, 1.54) is 12.4 Å². The van der Waals surface area contributed by atoms with E-state index in [1.807, 2.05) is 68.4 Å². The molecule has 0 bridgehead atoms. The first kappa shape index (κ1) is 21.6. The zero-order valence-corrected chi connectivity index (χ0v) is 19.0. The summed E-state index contributed by atoms with van der Waals surface area (Å²) in [5.41, 5.74) is 2.79. The molecule has 0 atom stereocenters. The number of anilines is 1. The lowest BCUT2D eigenvalue weighted by Crippen LogP contribution is -2.14. The molecule has 0 aliphatic heterocycles. The summed E-state index contributed by atoms with van der Waals surface area (Å²) in [6, 6.07) is 17.3. The van der Waals surface area contributed by atoms with Crippen molar-refractivity contribution in [2.24, 2.45) is 0 Å². The Morgan fingerprint density at radius 2 is 1.78 bits per heavy atom. The van der Waals surface area contributed by atoms with Gasteiger partial charge in [0.2, 0.25) is 0 Å². The predicted octanol–water partition coefficient (Wildman–Crippen LogP) is 4.36. The van der Waals surface area contributed by atoms with Gasteiger partial charge in [-0.25, -0.2) is 8.42 Å². The van der Waals surface area contributed by atoms with Crippen LogP contribution in [0.5, 0.6) is 11.5 Å². The summed E-state index contributed by atoms with van der Waals surface area (Å²) < 4.78 is 37.5. The number of benzene rings is 2. The average Bonchev–Trinajstić information content (AvgIpc) is 3.36. The highest BCUT2D eigenvalue weighted by atomic mass is 32.2. The van der Waals surface area contributed by atoms with Gasteiger partial charge >= 0.3 is 0 Å². The van der Waals surface area contributed by atoms with Gasteiger partial charge in [0.1, 0.15) is 16.4 Å². The topological polar surface area (TPSA) is 91.0 Å². The third-order valence-electron chi connectivity index (χ3n) is 5.07. The van der Waals surface area contributed by atoms with Gasteiger partial charge in [-0.15, -0.1) is 0 Å². The zero-order chi connectivity index (χ0) is 22.7. The van der Waals surface area contributed by atoms with Gasteiger partial charge < -0.3 is 4.74 Å². The minimum atomic E-state index is -3.76. The van der Waals surface area contributed by atoms with Gasteiger partial charge in [0.25, 0.3) is 10.0 Å². The number of ether oxygens (including phenoxy) is 1. The highest BCUT2D eigenvalue weighted by Crippen LogP contribution is 2.26. The zero-order valence-electron chi connectivity index (χ0n) is 18.2. The number of nitrogens with one attached hydrogen (secondary N) is 1. The van der Waals surface area contributed by atoms with Crippen molar-refractivity contribution in [1.82, 2.24) is 19.6 Å². The van der Waals surface area contributed by atoms with Gasteiger partial charge in [-0.1, -0.05) is 30.3 Å². The normalized spacial score (nSPS) is 11.5. The minimum absolute atomic E-state index is 0.122. The lowest BCUT2D eigenvalue weighted by atomic mass is 10.2. The van der Waals surface area contributed by atoms with Crippen molar-refractivity contribution in [3.8, 4) is 11.5 Å². The molecule has 0 saturated carbocycles. The highest BCUT2D eigenvalue weighted by Gasteiger charge is 2.21. The average molecular weight is 452 g/mol. The van der Waals surface area contributed by atoms with Crippen molar-refractivity contribution in [1.29, 1.82) is 0 Å². The maximum atomic E-state index is 12.8. The molecule has 4 aromatic rings. The molecule has 0 spiro atoms. The summed E-state index contributed by atoms with van der Waals surface area (Å²) in [6.45, 7) is 6.60. The van der Waals surface area contributed by atoms with Crippen molar-refractivity contribution < 1.29 is 13.2 Å². The molecule has 0 aliphatic carbocycles. The Balaban J connectivity index is 1.54. The number of aromatic nitrogens is 4. The predicted molar refractivity (Wildman–Crippen MR) is 122 cm³/mol. The van der Waals surface area contributed by atoms with Gasteiger partial charge in [0.15, 0.2) is 0 Å². The maximum absolute atomic E-state index is 12.8. The smallest absolute Gasteiger partial charge is 0.265 e. The first-order chi connectivity index (χ1) is 15.4. The summed E-state index contributed by atoms with van der Waals surface area (Å²) in [6.07, 6.45) is 2.86. The van der Waals surface area contributed by atoms with Crippen LogP contribution in [0, 0.1) is 13.8 Å². The number of rotatable bonds is 8. The van der Waals surface area contributed by atoms with Gasteiger partial charge in [-0.3, -0.25) is 14.1 Å². The second-order valence-corrected chi connectivity index (χ2v) is 9.09. The Bertz CT molecular complexity index is 1330. The van der Waals surface area contributed by atoms with Crippen molar-refractivity contribution in [2.45, 2.75) is 38.8 Å². The van der Waals surface area contributed by atoms with Crippen molar-refractivity contribution in [3.63, 3.8) is 0 Å². The van der Waals surface area contributed by atoms with Gasteiger partial charge in [0, 0.05) is 12.7 Å². The molecule has 4 rings (SSSR count). The van der Waals surface area contributed by atoms with E-state index < -0.39 is 10.0 Å². The molecule has 2 heterocycles. The van der Waals surface area contributed by atoms with Gasteiger partial charge in [-0.2, -0.15) is 10.2 Å². The van der Waals surface area contributed by atoms with Crippen molar-refractivity contribution in [2.75, 3.05) is 4.72 Å². The number of hydrogen-bond acceptors (Lipinski definition) is 5. The molecular weight excluding hydrogens is 426 g/mol. The summed E-state index contributed by atoms with van der Waals surface area (Å²) in [5, 5.41) is 8.60. The van der Waals surface area contributed by atoms with Crippen LogP contribution >= 0.6 is 0 Å². The lowest BCUT2D eigenvalue weighted by molar-refractivity contribution is 0.481. The molecule has 166 valence electrons.